The van der Waals surface area contributed by atoms with Crippen LogP contribution in [0.15, 0.2) is 60.4 Å². The number of carbonyl (C=O) groups is 2. The molecular weight excluding hydrogens is 425 g/mol. The van der Waals surface area contributed by atoms with E-state index in [1.807, 2.05) is 32.0 Å². The smallest absolute Gasteiger partial charge is 0.332 e. The Kier molecular flexibility index (Phi) is 7.06. The van der Waals surface area contributed by atoms with Crippen LogP contribution in [0.5, 0.6) is 0 Å². The van der Waals surface area contributed by atoms with Crippen LogP contribution in [0.4, 0.5) is 0 Å². The summed E-state index contributed by atoms with van der Waals surface area (Å²) in [6.07, 6.45) is 1.63. The molecule has 0 aromatic heterocycles. The van der Waals surface area contributed by atoms with E-state index in [4.69, 9.17) is 27.9 Å². The van der Waals surface area contributed by atoms with Gasteiger partial charge in [-0.3, -0.25) is 4.79 Å². The van der Waals surface area contributed by atoms with E-state index in [1.54, 1.807) is 35.2 Å². The molecule has 1 N–H and O–H groups in total. The molecule has 2 atom stereocenters. The van der Waals surface area contributed by atoms with E-state index in [1.165, 1.54) is 0 Å². The lowest BCUT2D eigenvalue weighted by atomic mass is 9.90. The first-order chi connectivity index (χ1) is 14.3. The first kappa shape index (κ1) is 22.2. The molecule has 1 aliphatic rings. The van der Waals surface area contributed by atoms with E-state index in [0.717, 1.165) is 30.0 Å². The summed E-state index contributed by atoms with van der Waals surface area (Å²) in [5, 5.41) is 10.4. The van der Waals surface area contributed by atoms with Gasteiger partial charge in [0.05, 0.1) is 12.1 Å². The zero-order valence-corrected chi connectivity index (χ0v) is 18.2. The highest BCUT2D eigenvalue weighted by atomic mass is 35.5. The number of carboxylic acid groups (broad SMARTS) is 1. The highest BCUT2D eigenvalue weighted by Gasteiger charge is 2.44. The zero-order valence-electron chi connectivity index (χ0n) is 16.7. The summed E-state index contributed by atoms with van der Waals surface area (Å²) in [4.78, 5) is 26.4. The number of ether oxygens (including phenoxy) is 1. The van der Waals surface area contributed by atoms with Crippen molar-refractivity contribution in [1.29, 1.82) is 0 Å². The van der Waals surface area contributed by atoms with Crippen molar-refractivity contribution in [2.45, 2.75) is 44.9 Å². The number of halogens is 2. The second kappa shape index (κ2) is 9.54. The minimum absolute atomic E-state index is 0.0963. The van der Waals surface area contributed by atoms with Gasteiger partial charge in [-0.15, -0.1) is 0 Å². The minimum Gasteiger partial charge on any atom is -0.478 e. The molecule has 2 aromatic carbocycles. The van der Waals surface area contributed by atoms with Gasteiger partial charge in [-0.1, -0.05) is 61.3 Å². The molecule has 0 aliphatic carbocycles. The number of hydrogen-bond donors (Lipinski definition) is 1. The Labute approximate surface area is 185 Å². The minimum atomic E-state index is -1.24. The largest absolute Gasteiger partial charge is 0.478 e. The maximum Gasteiger partial charge on any atom is 0.332 e. The lowest BCUT2D eigenvalue weighted by molar-refractivity contribution is -0.153. The van der Waals surface area contributed by atoms with E-state index in [-0.39, 0.29) is 11.8 Å². The third-order valence-electron chi connectivity index (χ3n) is 5.26. The number of rotatable bonds is 6. The highest BCUT2D eigenvalue weighted by Crippen LogP contribution is 2.45. The molecule has 3 rings (SSSR count). The van der Waals surface area contributed by atoms with E-state index < -0.39 is 24.0 Å². The average molecular weight is 448 g/mol. The van der Waals surface area contributed by atoms with Crippen molar-refractivity contribution in [2.75, 3.05) is 0 Å². The van der Waals surface area contributed by atoms with Crippen molar-refractivity contribution < 1.29 is 19.4 Å². The number of carbonyl (C=O) groups excluding carboxylic acids is 1. The third kappa shape index (κ3) is 4.63. The third-order valence-corrected chi connectivity index (χ3v) is 5.75. The van der Waals surface area contributed by atoms with Crippen LogP contribution in [0.2, 0.25) is 10.0 Å². The van der Waals surface area contributed by atoms with Crippen molar-refractivity contribution >= 4 is 35.1 Å². The van der Waals surface area contributed by atoms with Crippen LogP contribution in [0.25, 0.3) is 0 Å². The first-order valence-electron chi connectivity index (χ1n) is 9.80. The molecule has 7 heteroatoms. The van der Waals surface area contributed by atoms with Crippen LogP contribution in [0, 0.1) is 0 Å². The molecule has 158 valence electrons. The Morgan fingerprint density at radius 3 is 2.33 bits per heavy atom. The zero-order chi connectivity index (χ0) is 21.8. The lowest BCUT2D eigenvalue weighted by Gasteiger charge is -2.46. The van der Waals surface area contributed by atoms with Gasteiger partial charge in [-0.2, -0.15) is 0 Å². The number of hydrogen-bond acceptors (Lipinski definition) is 3. The van der Waals surface area contributed by atoms with Gasteiger partial charge in [-0.25, -0.2) is 4.79 Å². The Morgan fingerprint density at radius 1 is 1.10 bits per heavy atom. The van der Waals surface area contributed by atoms with Crippen LogP contribution in [-0.2, 0) is 14.3 Å². The van der Waals surface area contributed by atoms with Gasteiger partial charge in [0.15, 0.2) is 5.76 Å². The monoisotopic (exact) mass is 447 g/mol. The number of aliphatic carboxylic acids is 1. The summed E-state index contributed by atoms with van der Waals surface area (Å²) in [7, 11) is 0. The molecule has 2 unspecified atom stereocenters. The SMILES string of the molecule is CCC(CC)N1C(=O)C(=CC(=O)O)OC(c2cccc(Cl)c2)C1c1ccc(Cl)cc1. The second-order valence-electron chi connectivity index (χ2n) is 7.12. The van der Waals surface area contributed by atoms with Gasteiger partial charge in [-0.05, 0) is 48.2 Å². The molecule has 0 radical (unpaired) electrons. The van der Waals surface area contributed by atoms with Gasteiger partial charge in [0, 0.05) is 16.1 Å². The summed E-state index contributed by atoms with van der Waals surface area (Å²) in [5.74, 6) is -1.87. The van der Waals surface area contributed by atoms with Gasteiger partial charge in [0.2, 0.25) is 0 Å². The predicted octanol–water partition coefficient (Wildman–Crippen LogP) is 5.79. The fourth-order valence-corrected chi connectivity index (χ4v) is 4.19. The summed E-state index contributed by atoms with van der Waals surface area (Å²) < 4.78 is 6.01. The van der Waals surface area contributed by atoms with Gasteiger partial charge in [0.25, 0.3) is 5.91 Å². The quantitative estimate of drug-likeness (QED) is 0.568. The summed E-state index contributed by atoms with van der Waals surface area (Å²) >= 11 is 12.3. The number of nitrogens with zero attached hydrogens (tertiary/aromatic N) is 1. The van der Waals surface area contributed by atoms with E-state index in [2.05, 4.69) is 0 Å². The van der Waals surface area contributed by atoms with Crippen LogP contribution < -0.4 is 0 Å². The van der Waals surface area contributed by atoms with E-state index in [0.29, 0.717) is 10.0 Å². The molecule has 2 aromatic rings. The molecule has 1 aliphatic heterocycles. The molecule has 1 fully saturated rings. The van der Waals surface area contributed by atoms with Crippen LogP contribution in [0.3, 0.4) is 0 Å². The van der Waals surface area contributed by atoms with E-state index in [9.17, 15) is 14.7 Å². The van der Waals surface area contributed by atoms with Crippen molar-refractivity contribution in [2.24, 2.45) is 0 Å². The van der Waals surface area contributed by atoms with Crippen LogP contribution in [-0.4, -0.2) is 27.9 Å². The summed E-state index contributed by atoms with van der Waals surface area (Å²) in [5.41, 5.74) is 1.60. The fraction of sp³-hybridized carbons (Fsp3) is 0.304. The molecule has 1 saturated heterocycles. The van der Waals surface area contributed by atoms with Crippen molar-refractivity contribution in [3.8, 4) is 0 Å². The number of morpholine rings is 1. The topological polar surface area (TPSA) is 66.8 Å². The van der Waals surface area contributed by atoms with Gasteiger partial charge >= 0.3 is 5.97 Å². The fourth-order valence-electron chi connectivity index (χ4n) is 3.86. The van der Waals surface area contributed by atoms with Gasteiger partial charge < -0.3 is 14.7 Å². The molecular formula is C23H23Cl2NO4. The first-order valence-corrected chi connectivity index (χ1v) is 10.6. The Morgan fingerprint density at radius 2 is 1.77 bits per heavy atom. The molecule has 1 amide bonds. The molecule has 5 nitrogen and oxygen atoms in total. The summed E-state index contributed by atoms with van der Waals surface area (Å²) in [6, 6.07) is 13.9. The maximum absolute atomic E-state index is 13.3. The van der Waals surface area contributed by atoms with Crippen molar-refractivity contribution in [1.82, 2.24) is 4.90 Å². The molecule has 1 heterocycles. The number of amides is 1. The van der Waals surface area contributed by atoms with Crippen molar-refractivity contribution in [3.63, 3.8) is 0 Å². The normalized spacial score (nSPS) is 20.5. The lowest BCUT2D eigenvalue weighted by Crippen LogP contribution is -2.49. The molecule has 0 bridgehead atoms. The average Bonchev–Trinajstić information content (AvgIpc) is 2.71. The maximum atomic E-state index is 13.3. The Hall–Kier alpha value is -2.50. The summed E-state index contributed by atoms with van der Waals surface area (Å²) in [6.45, 7) is 4.01. The van der Waals surface area contributed by atoms with E-state index >= 15 is 0 Å². The van der Waals surface area contributed by atoms with Crippen LogP contribution >= 0.6 is 23.2 Å². The molecule has 0 saturated carbocycles. The Bertz CT molecular complexity index is 954. The number of carboxylic acids is 1. The van der Waals surface area contributed by atoms with Crippen molar-refractivity contribution in [3.05, 3.63) is 81.5 Å². The number of benzene rings is 2. The van der Waals surface area contributed by atoms with Gasteiger partial charge in [0.1, 0.15) is 6.10 Å². The standard InChI is InChI=1S/C23H23Cl2NO4/c1-3-18(4-2)26-21(14-8-10-16(24)11-9-14)22(15-6-5-7-17(25)12-15)30-19(23(26)29)13-20(27)28/h5-13,18,21-22H,3-4H2,1-2H3,(H,27,28). The molecule has 0 spiro atoms. The Balaban J connectivity index is 2.21. The predicted molar refractivity (Wildman–Crippen MR) is 116 cm³/mol. The second-order valence-corrected chi connectivity index (χ2v) is 7.99. The molecule has 30 heavy (non-hydrogen) atoms. The highest BCUT2D eigenvalue weighted by molar-refractivity contribution is 6.30. The van der Waals surface area contributed by atoms with Crippen LogP contribution in [0.1, 0.15) is 50.0 Å².